The second-order valence-electron chi connectivity index (χ2n) is 6.70. The number of anilines is 1. The van der Waals surface area contributed by atoms with Crippen LogP contribution in [0, 0.1) is 0 Å². The van der Waals surface area contributed by atoms with Crippen molar-refractivity contribution in [3.05, 3.63) is 40.7 Å². The monoisotopic (exact) mass is 449 g/mol. The number of nitrogens with one attached hydrogen (secondary N) is 1. The molecule has 1 aliphatic heterocycles. The molecule has 0 radical (unpaired) electrons. The van der Waals surface area contributed by atoms with Gasteiger partial charge < -0.3 is 10.1 Å². The summed E-state index contributed by atoms with van der Waals surface area (Å²) in [6, 6.07) is 7.94. The predicted octanol–water partition coefficient (Wildman–Crippen LogP) is 3.42. The van der Waals surface area contributed by atoms with E-state index in [2.05, 4.69) is 20.6 Å². The topological polar surface area (TPSA) is 98.5 Å². The Hall–Kier alpha value is -2.27. The number of aromatic nitrogens is 4. The maximum atomic E-state index is 13.2. The maximum Gasteiger partial charge on any atom is 0.229 e. The van der Waals surface area contributed by atoms with Gasteiger partial charge in [-0.2, -0.15) is 4.52 Å². The lowest BCUT2D eigenvalue weighted by atomic mass is 10.2. The van der Waals surface area contributed by atoms with Crippen molar-refractivity contribution in [3.8, 4) is 0 Å². The van der Waals surface area contributed by atoms with Gasteiger partial charge in [-0.05, 0) is 42.5 Å². The number of hydrogen-bond acceptors (Lipinski definition) is 8. The molecule has 150 valence electrons. The van der Waals surface area contributed by atoms with Crippen LogP contribution in [0.2, 0.25) is 5.02 Å². The van der Waals surface area contributed by atoms with Gasteiger partial charge in [0.25, 0.3) is 0 Å². The zero-order valence-corrected chi connectivity index (χ0v) is 17.5. The van der Waals surface area contributed by atoms with E-state index in [1.54, 1.807) is 12.1 Å². The highest BCUT2D eigenvalue weighted by atomic mass is 35.5. The minimum Gasteiger partial charge on any atom is -0.376 e. The summed E-state index contributed by atoms with van der Waals surface area (Å²) in [5, 5.41) is 13.4. The van der Waals surface area contributed by atoms with Crippen molar-refractivity contribution in [1.29, 1.82) is 0 Å². The number of benzene rings is 1. The third-order valence-electron chi connectivity index (χ3n) is 4.80. The van der Waals surface area contributed by atoms with Crippen LogP contribution in [0.3, 0.4) is 0 Å². The number of thiophene rings is 1. The third kappa shape index (κ3) is 3.25. The Kier molecular flexibility index (Phi) is 4.66. The lowest BCUT2D eigenvalue weighted by Crippen LogP contribution is -2.19. The Morgan fingerprint density at radius 3 is 3.03 bits per heavy atom. The normalized spacial score (nSPS) is 17.3. The van der Waals surface area contributed by atoms with Crippen LogP contribution in [0.15, 0.2) is 45.6 Å². The molecule has 4 aromatic rings. The minimum atomic E-state index is -3.93. The number of halogens is 1. The van der Waals surface area contributed by atoms with Crippen LogP contribution in [-0.4, -0.2) is 47.5 Å². The fourth-order valence-corrected chi connectivity index (χ4v) is 5.75. The summed E-state index contributed by atoms with van der Waals surface area (Å²) < 4.78 is 34.3. The lowest BCUT2D eigenvalue weighted by molar-refractivity contribution is 0.120. The smallest absolute Gasteiger partial charge is 0.229 e. The molecule has 0 spiro atoms. The average molecular weight is 450 g/mol. The van der Waals surface area contributed by atoms with Gasteiger partial charge in [0.15, 0.2) is 5.65 Å². The summed E-state index contributed by atoms with van der Waals surface area (Å²) in [4.78, 5) is 4.63. The molecule has 0 amide bonds. The molecule has 1 aromatic carbocycles. The van der Waals surface area contributed by atoms with E-state index in [4.69, 9.17) is 16.3 Å². The van der Waals surface area contributed by atoms with Crippen molar-refractivity contribution in [3.63, 3.8) is 0 Å². The van der Waals surface area contributed by atoms with E-state index in [1.165, 1.54) is 28.0 Å². The summed E-state index contributed by atoms with van der Waals surface area (Å²) in [5.74, 6) is 0.600. The van der Waals surface area contributed by atoms with Gasteiger partial charge in [0.05, 0.1) is 21.2 Å². The van der Waals surface area contributed by atoms with Gasteiger partial charge in [-0.3, -0.25) is 0 Å². The van der Waals surface area contributed by atoms with Crippen LogP contribution < -0.4 is 5.32 Å². The van der Waals surface area contributed by atoms with Crippen molar-refractivity contribution in [2.45, 2.75) is 28.9 Å². The molecule has 0 saturated carbocycles. The molecule has 0 aliphatic carbocycles. The van der Waals surface area contributed by atoms with Crippen LogP contribution in [0.5, 0.6) is 0 Å². The highest BCUT2D eigenvalue weighted by Gasteiger charge is 2.28. The number of hydrogen-bond donors (Lipinski definition) is 1. The molecule has 1 unspecified atom stereocenters. The second kappa shape index (κ2) is 7.21. The van der Waals surface area contributed by atoms with E-state index in [-0.39, 0.29) is 21.7 Å². The molecule has 11 heteroatoms. The molecule has 0 bridgehead atoms. The SMILES string of the molecule is O=S(=O)(c1cccc(Cl)c1)c1nnn2c1nc(NCC1CCCO1)c1sccc12. The third-order valence-corrected chi connectivity index (χ3v) is 7.60. The van der Waals surface area contributed by atoms with Gasteiger partial charge in [-0.25, -0.2) is 13.4 Å². The Balaban J connectivity index is 1.63. The first-order valence-electron chi connectivity index (χ1n) is 9.03. The van der Waals surface area contributed by atoms with Crippen LogP contribution >= 0.6 is 22.9 Å². The van der Waals surface area contributed by atoms with Crippen molar-refractivity contribution < 1.29 is 13.2 Å². The summed E-state index contributed by atoms with van der Waals surface area (Å²) in [6.45, 7) is 1.37. The maximum absolute atomic E-state index is 13.2. The fraction of sp³-hybridized carbons (Fsp3) is 0.278. The van der Waals surface area contributed by atoms with Crippen LogP contribution in [0.1, 0.15) is 12.8 Å². The van der Waals surface area contributed by atoms with Crippen LogP contribution in [-0.2, 0) is 14.6 Å². The van der Waals surface area contributed by atoms with E-state index < -0.39 is 9.84 Å². The van der Waals surface area contributed by atoms with E-state index >= 15 is 0 Å². The zero-order valence-electron chi connectivity index (χ0n) is 15.1. The number of nitrogens with zero attached hydrogens (tertiary/aromatic N) is 4. The Morgan fingerprint density at radius 2 is 2.24 bits per heavy atom. The van der Waals surface area contributed by atoms with E-state index in [1.807, 2.05) is 11.4 Å². The molecule has 1 saturated heterocycles. The standard InChI is InChI=1S/C18H16ClN5O3S2/c19-11-3-1-5-13(9-11)29(25,26)18-17-21-16(20-10-12-4-2-7-27-12)15-14(6-8-28-15)24(17)23-22-18/h1,3,5-6,8-9,12H,2,4,7,10H2,(H,20,21). The molecule has 3 aromatic heterocycles. The summed E-state index contributed by atoms with van der Waals surface area (Å²) in [7, 11) is -3.93. The quantitative estimate of drug-likeness (QED) is 0.498. The van der Waals surface area contributed by atoms with E-state index in [0.717, 1.165) is 29.7 Å². The Bertz CT molecular complexity index is 1310. The molecule has 4 heterocycles. The molecule has 5 rings (SSSR count). The summed E-state index contributed by atoms with van der Waals surface area (Å²) >= 11 is 7.49. The summed E-state index contributed by atoms with van der Waals surface area (Å²) in [5.41, 5.74) is 0.917. The van der Waals surface area contributed by atoms with Crippen LogP contribution in [0.4, 0.5) is 5.82 Å². The van der Waals surface area contributed by atoms with Gasteiger partial charge >= 0.3 is 0 Å². The molecule has 8 nitrogen and oxygen atoms in total. The van der Waals surface area contributed by atoms with Crippen LogP contribution in [0.25, 0.3) is 15.9 Å². The Morgan fingerprint density at radius 1 is 1.34 bits per heavy atom. The molecule has 1 aliphatic rings. The first-order valence-corrected chi connectivity index (χ1v) is 11.8. The van der Waals surface area contributed by atoms with E-state index in [0.29, 0.717) is 17.4 Å². The van der Waals surface area contributed by atoms with Crippen molar-refractivity contribution in [2.24, 2.45) is 0 Å². The minimum absolute atomic E-state index is 0.0495. The molecule has 29 heavy (non-hydrogen) atoms. The predicted molar refractivity (Wildman–Crippen MR) is 111 cm³/mol. The van der Waals surface area contributed by atoms with Crippen molar-refractivity contribution >= 4 is 54.5 Å². The second-order valence-corrected chi connectivity index (χ2v) is 9.92. The van der Waals surface area contributed by atoms with E-state index in [9.17, 15) is 8.42 Å². The Labute approximate surface area is 175 Å². The largest absolute Gasteiger partial charge is 0.376 e. The van der Waals surface area contributed by atoms with Gasteiger partial charge in [0, 0.05) is 18.2 Å². The first-order chi connectivity index (χ1) is 14.0. The molecule has 1 N–H and O–H groups in total. The average Bonchev–Trinajstić information content (AvgIpc) is 3.45. The van der Waals surface area contributed by atoms with Crippen molar-refractivity contribution in [1.82, 2.24) is 19.8 Å². The van der Waals surface area contributed by atoms with Gasteiger partial charge in [0.1, 0.15) is 5.82 Å². The highest BCUT2D eigenvalue weighted by Crippen LogP contribution is 2.31. The first kappa shape index (κ1) is 18.7. The molecular weight excluding hydrogens is 434 g/mol. The number of rotatable bonds is 5. The number of fused-ring (bicyclic) bond motifs is 3. The number of sulfone groups is 1. The van der Waals surface area contributed by atoms with Gasteiger partial charge in [-0.15, -0.1) is 16.4 Å². The van der Waals surface area contributed by atoms with Gasteiger partial charge in [-0.1, -0.05) is 22.9 Å². The number of ether oxygens (including phenoxy) is 1. The molecule has 1 atom stereocenters. The molecular formula is C18H16ClN5O3S2. The molecule has 1 fully saturated rings. The summed E-state index contributed by atoms with van der Waals surface area (Å²) in [6.07, 6.45) is 2.16. The zero-order chi connectivity index (χ0) is 20.0. The lowest BCUT2D eigenvalue weighted by Gasteiger charge is -2.12. The van der Waals surface area contributed by atoms with Crippen molar-refractivity contribution in [2.75, 3.05) is 18.5 Å². The fourth-order valence-electron chi connectivity index (χ4n) is 3.38. The van der Waals surface area contributed by atoms with Gasteiger partial charge in [0.2, 0.25) is 14.9 Å². The highest BCUT2D eigenvalue weighted by molar-refractivity contribution is 7.91.